The van der Waals surface area contributed by atoms with E-state index < -0.39 is 0 Å². The Balaban J connectivity index is 1.25. The molecule has 2 aromatic rings. The van der Waals surface area contributed by atoms with Gasteiger partial charge in [-0.1, -0.05) is 48.5 Å². The predicted octanol–water partition coefficient (Wildman–Crippen LogP) is 3.38. The van der Waals surface area contributed by atoms with Crippen LogP contribution in [0.2, 0.25) is 0 Å². The van der Waals surface area contributed by atoms with Crippen molar-refractivity contribution in [1.82, 2.24) is 10.6 Å². The van der Waals surface area contributed by atoms with E-state index >= 15 is 0 Å². The molecule has 2 atom stereocenters. The molecule has 26 heavy (non-hydrogen) atoms. The second-order valence-electron chi connectivity index (χ2n) is 7.32. The zero-order valence-corrected chi connectivity index (χ0v) is 15.4. The van der Waals surface area contributed by atoms with Crippen LogP contribution in [-0.2, 0) is 0 Å². The van der Waals surface area contributed by atoms with Crippen molar-refractivity contribution in [2.75, 3.05) is 25.0 Å². The van der Waals surface area contributed by atoms with Gasteiger partial charge < -0.3 is 15.5 Å². The number of guanidine groups is 1. The summed E-state index contributed by atoms with van der Waals surface area (Å²) in [4.78, 5) is 6.92. The monoisotopic (exact) mass is 348 g/mol. The summed E-state index contributed by atoms with van der Waals surface area (Å²) in [7, 11) is 1.87. The Morgan fingerprint density at radius 1 is 0.923 bits per heavy atom. The molecule has 1 heterocycles. The number of rotatable bonds is 4. The summed E-state index contributed by atoms with van der Waals surface area (Å²) in [5, 5.41) is 7.24. The van der Waals surface area contributed by atoms with Crippen molar-refractivity contribution < 1.29 is 0 Å². The van der Waals surface area contributed by atoms with Crippen LogP contribution in [0.25, 0.3) is 0 Å². The van der Waals surface area contributed by atoms with Crippen molar-refractivity contribution in [2.24, 2.45) is 4.99 Å². The number of aliphatic imine (C=N–C) groups is 1. The van der Waals surface area contributed by atoms with Gasteiger partial charge in [0, 0.05) is 43.8 Å². The third-order valence-electron chi connectivity index (χ3n) is 5.52. The van der Waals surface area contributed by atoms with E-state index in [4.69, 9.17) is 0 Å². The van der Waals surface area contributed by atoms with E-state index in [1.807, 2.05) is 7.05 Å². The molecule has 0 spiro atoms. The van der Waals surface area contributed by atoms with Crippen LogP contribution in [0, 0.1) is 0 Å². The highest BCUT2D eigenvalue weighted by atomic mass is 15.2. The van der Waals surface area contributed by atoms with Crippen molar-refractivity contribution in [3.05, 3.63) is 66.2 Å². The maximum atomic E-state index is 4.45. The average molecular weight is 348 g/mol. The van der Waals surface area contributed by atoms with Gasteiger partial charge in [0.25, 0.3) is 0 Å². The summed E-state index contributed by atoms with van der Waals surface area (Å²) in [5.41, 5.74) is 2.76. The van der Waals surface area contributed by atoms with Crippen molar-refractivity contribution in [2.45, 2.75) is 37.3 Å². The molecule has 4 nitrogen and oxygen atoms in total. The van der Waals surface area contributed by atoms with Crippen molar-refractivity contribution in [1.29, 1.82) is 0 Å². The number of nitrogens with zero attached hydrogens (tertiary/aromatic N) is 2. The molecule has 2 unspecified atom stereocenters. The normalized spacial score (nSPS) is 23.6. The van der Waals surface area contributed by atoms with E-state index in [9.17, 15) is 0 Å². The lowest BCUT2D eigenvalue weighted by molar-refractivity contribution is 0.461. The molecule has 2 N–H and O–H groups in total. The summed E-state index contributed by atoms with van der Waals surface area (Å²) in [6, 6.07) is 22.5. The number of hydrogen-bond donors (Lipinski definition) is 2. The molecule has 2 aliphatic rings. The first-order chi connectivity index (χ1) is 12.8. The molecular weight excluding hydrogens is 320 g/mol. The lowest BCUT2D eigenvalue weighted by Gasteiger charge is -2.34. The largest absolute Gasteiger partial charge is 0.371 e. The summed E-state index contributed by atoms with van der Waals surface area (Å²) in [6.45, 7) is 2.18. The van der Waals surface area contributed by atoms with Gasteiger partial charge in [0.1, 0.15) is 0 Å². The van der Waals surface area contributed by atoms with Gasteiger partial charge in [-0.2, -0.15) is 0 Å². The highest BCUT2D eigenvalue weighted by Gasteiger charge is 2.39. The molecule has 2 fully saturated rings. The molecule has 0 amide bonds. The lowest BCUT2D eigenvalue weighted by Crippen LogP contribution is -2.49. The Labute approximate surface area is 156 Å². The average Bonchev–Trinajstić information content (AvgIpc) is 3.48. The summed E-state index contributed by atoms with van der Waals surface area (Å²) >= 11 is 0. The van der Waals surface area contributed by atoms with Gasteiger partial charge in [-0.15, -0.1) is 0 Å². The van der Waals surface area contributed by atoms with Crippen LogP contribution in [0.15, 0.2) is 65.7 Å². The fourth-order valence-corrected chi connectivity index (χ4v) is 3.88. The molecule has 0 aromatic heterocycles. The van der Waals surface area contributed by atoms with Gasteiger partial charge in [-0.25, -0.2) is 0 Å². The van der Waals surface area contributed by atoms with E-state index in [0.717, 1.165) is 31.9 Å². The molecule has 4 rings (SSSR count). The van der Waals surface area contributed by atoms with Gasteiger partial charge in [-0.05, 0) is 37.0 Å². The smallest absolute Gasteiger partial charge is 0.191 e. The van der Waals surface area contributed by atoms with E-state index in [2.05, 4.69) is 81.2 Å². The van der Waals surface area contributed by atoms with Gasteiger partial charge in [0.05, 0.1) is 0 Å². The number of benzene rings is 2. The second-order valence-corrected chi connectivity index (χ2v) is 7.32. The lowest BCUT2D eigenvalue weighted by atomic mass is 10.0. The van der Waals surface area contributed by atoms with Crippen molar-refractivity contribution >= 4 is 11.6 Å². The van der Waals surface area contributed by atoms with Crippen LogP contribution in [0.5, 0.6) is 0 Å². The zero-order valence-electron chi connectivity index (χ0n) is 15.4. The van der Waals surface area contributed by atoms with E-state index in [0.29, 0.717) is 18.0 Å². The van der Waals surface area contributed by atoms with E-state index in [1.54, 1.807) is 0 Å². The first-order valence-corrected chi connectivity index (χ1v) is 9.68. The third-order valence-corrected chi connectivity index (χ3v) is 5.52. The van der Waals surface area contributed by atoms with Crippen LogP contribution in [-0.4, -0.2) is 38.2 Å². The Hall–Kier alpha value is -2.49. The maximum absolute atomic E-state index is 4.45. The topological polar surface area (TPSA) is 39.7 Å². The molecule has 4 heteroatoms. The summed E-state index contributed by atoms with van der Waals surface area (Å²) in [6.07, 6.45) is 3.47. The van der Waals surface area contributed by atoms with E-state index in [1.165, 1.54) is 17.7 Å². The minimum Gasteiger partial charge on any atom is -0.371 e. The Kier molecular flexibility index (Phi) is 5.09. The number of nitrogens with one attached hydrogen (secondary N) is 2. The van der Waals surface area contributed by atoms with Crippen LogP contribution in [0.1, 0.15) is 30.7 Å². The van der Waals surface area contributed by atoms with Crippen LogP contribution < -0.4 is 15.5 Å². The Morgan fingerprint density at radius 3 is 2.23 bits per heavy atom. The highest BCUT2D eigenvalue weighted by molar-refractivity contribution is 5.81. The first kappa shape index (κ1) is 17.0. The molecule has 136 valence electrons. The second kappa shape index (κ2) is 7.81. The van der Waals surface area contributed by atoms with Crippen molar-refractivity contribution in [3.63, 3.8) is 0 Å². The SMILES string of the molecule is CN=C(NC1CCN(c2ccccc2)CC1)NC1CC1c1ccccc1. The minimum absolute atomic E-state index is 0.495. The van der Waals surface area contributed by atoms with Gasteiger partial charge in [0.2, 0.25) is 0 Å². The van der Waals surface area contributed by atoms with Gasteiger partial charge in [0.15, 0.2) is 5.96 Å². The standard InChI is InChI=1S/C22H28N4/c1-23-22(25-21-16-20(21)17-8-4-2-5-9-17)24-18-12-14-26(15-13-18)19-10-6-3-7-11-19/h2-11,18,20-21H,12-16H2,1H3,(H2,23,24,25). The number of para-hydroxylation sites is 1. The number of anilines is 1. The first-order valence-electron chi connectivity index (χ1n) is 9.68. The minimum atomic E-state index is 0.495. The van der Waals surface area contributed by atoms with Crippen molar-refractivity contribution in [3.8, 4) is 0 Å². The molecule has 1 aliphatic carbocycles. The van der Waals surface area contributed by atoms with Crippen LogP contribution in [0.3, 0.4) is 0 Å². The highest BCUT2D eigenvalue weighted by Crippen LogP contribution is 2.40. The fourth-order valence-electron chi connectivity index (χ4n) is 3.88. The predicted molar refractivity (Wildman–Crippen MR) is 109 cm³/mol. The number of hydrogen-bond acceptors (Lipinski definition) is 2. The fraction of sp³-hybridized carbons (Fsp3) is 0.409. The Bertz CT molecular complexity index is 720. The van der Waals surface area contributed by atoms with Crippen LogP contribution in [0.4, 0.5) is 5.69 Å². The summed E-state index contributed by atoms with van der Waals surface area (Å²) in [5.74, 6) is 1.57. The molecule has 2 aromatic carbocycles. The molecular formula is C22H28N4. The molecule has 1 aliphatic heterocycles. The quantitative estimate of drug-likeness (QED) is 0.657. The molecule has 0 radical (unpaired) electrons. The third kappa shape index (κ3) is 4.01. The van der Waals surface area contributed by atoms with Crippen LogP contribution >= 0.6 is 0 Å². The molecule has 1 saturated carbocycles. The Morgan fingerprint density at radius 2 is 1.58 bits per heavy atom. The van der Waals surface area contributed by atoms with Gasteiger partial charge in [-0.3, -0.25) is 4.99 Å². The zero-order chi connectivity index (χ0) is 17.8. The summed E-state index contributed by atoms with van der Waals surface area (Å²) < 4.78 is 0. The maximum Gasteiger partial charge on any atom is 0.191 e. The molecule has 1 saturated heterocycles. The number of piperidine rings is 1. The van der Waals surface area contributed by atoms with E-state index in [-0.39, 0.29) is 0 Å². The van der Waals surface area contributed by atoms with Gasteiger partial charge >= 0.3 is 0 Å². The molecule has 0 bridgehead atoms.